The van der Waals surface area contributed by atoms with E-state index in [2.05, 4.69) is 0 Å². The van der Waals surface area contributed by atoms with Crippen molar-refractivity contribution in [2.24, 2.45) is 5.92 Å². The number of carbonyl (C=O) groups excluding carboxylic acids is 1. The molecule has 2 aliphatic carbocycles. The Kier molecular flexibility index (Phi) is 1.19. The average molecular weight is 136 g/mol. The van der Waals surface area contributed by atoms with E-state index in [4.69, 9.17) is 0 Å². The van der Waals surface area contributed by atoms with Gasteiger partial charge in [-0.25, -0.2) is 0 Å². The topological polar surface area (TPSA) is 17.1 Å². The summed E-state index contributed by atoms with van der Waals surface area (Å²) in [5, 5.41) is 0. The quantitative estimate of drug-likeness (QED) is 0.498. The van der Waals surface area contributed by atoms with Gasteiger partial charge in [-0.05, 0) is 37.7 Å². The Bertz CT molecular complexity index is 213. The second-order valence-corrected chi connectivity index (χ2v) is 3.37. The van der Waals surface area contributed by atoms with Crippen molar-refractivity contribution in [3.8, 4) is 0 Å². The van der Waals surface area contributed by atoms with Crippen molar-refractivity contribution in [2.45, 2.75) is 32.6 Å². The van der Waals surface area contributed by atoms with Gasteiger partial charge in [0.1, 0.15) is 0 Å². The second kappa shape index (κ2) is 1.94. The summed E-state index contributed by atoms with van der Waals surface area (Å²) in [6.45, 7) is 1.99. The number of rotatable bonds is 0. The summed E-state index contributed by atoms with van der Waals surface area (Å²) >= 11 is 0. The molecule has 0 heterocycles. The molecular formula is C9H12O. The van der Waals surface area contributed by atoms with Gasteiger partial charge in [0.2, 0.25) is 0 Å². The van der Waals surface area contributed by atoms with Crippen molar-refractivity contribution in [3.05, 3.63) is 11.1 Å². The predicted molar refractivity (Wildman–Crippen MR) is 39.7 cm³/mol. The predicted octanol–water partition coefficient (Wildman–Crippen LogP) is 2.08. The van der Waals surface area contributed by atoms with E-state index in [0.29, 0.717) is 11.7 Å². The molecule has 0 N–H and O–H groups in total. The highest BCUT2D eigenvalue weighted by atomic mass is 16.1. The van der Waals surface area contributed by atoms with Crippen LogP contribution < -0.4 is 0 Å². The first-order chi connectivity index (χ1) is 4.79. The van der Waals surface area contributed by atoms with Crippen molar-refractivity contribution >= 4 is 5.78 Å². The monoisotopic (exact) mass is 136 g/mol. The highest BCUT2D eigenvalue weighted by molar-refractivity contribution is 5.98. The zero-order valence-electron chi connectivity index (χ0n) is 6.31. The van der Waals surface area contributed by atoms with Crippen LogP contribution in [0.1, 0.15) is 32.6 Å². The third-order valence-electron chi connectivity index (χ3n) is 2.82. The Labute approximate surface area is 61.1 Å². The van der Waals surface area contributed by atoms with Crippen LogP contribution in [0.15, 0.2) is 11.1 Å². The molecule has 0 aliphatic heterocycles. The van der Waals surface area contributed by atoms with Gasteiger partial charge < -0.3 is 0 Å². The van der Waals surface area contributed by atoms with E-state index in [1.54, 1.807) is 0 Å². The van der Waals surface area contributed by atoms with Crippen LogP contribution in [0.4, 0.5) is 0 Å². The molecule has 0 radical (unpaired) electrons. The Hall–Kier alpha value is -0.590. The van der Waals surface area contributed by atoms with Crippen LogP contribution in [0.3, 0.4) is 0 Å². The van der Waals surface area contributed by atoms with Crippen LogP contribution in [0.5, 0.6) is 0 Å². The summed E-state index contributed by atoms with van der Waals surface area (Å²) in [7, 11) is 0. The van der Waals surface area contributed by atoms with Gasteiger partial charge in [-0.1, -0.05) is 5.57 Å². The Morgan fingerprint density at radius 2 is 2.30 bits per heavy atom. The maximum atomic E-state index is 11.1. The minimum Gasteiger partial charge on any atom is -0.295 e. The largest absolute Gasteiger partial charge is 0.295 e. The normalized spacial score (nSPS) is 31.7. The van der Waals surface area contributed by atoms with Crippen molar-refractivity contribution in [3.63, 3.8) is 0 Å². The molecule has 0 aromatic rings. The van der Waals surface area contributed by atoms with E-state index in [9.17, 15) is 4.79 Å². The first kappa shape index (κ1) is 6.14. The molecule has 0 aromatic carbocycles. The highest BCUT2D eigenvalue weighted by Gasteiger charge is 2.32. The lowest BCUT2D eigenvalue weighted by atomic mass is 10.1. The van der Waals surface area contributed by atoms with Crippen LogP contribution in [0.2, 0.25) is 0 Å². The fraction of sp³-hybridized carbons (Fsp3) is 0.667. The first-order valence-corrected chi connectivity index (χ1v) is 4.02. The summed E-state index contributed by atoms with van der Waals surface area (Å²) in [6.07, 6.45) is 4.59. The van der Waals surface area contributed by atoms with Crippen molar-refractivity contribution in [1.29, 1.82) is 0 Å². The minimum absolute atomic E-state index is 0.403. The fourth-order valence-electron chi connectivity index (χ4n) is 2.19. The third kappa shape index (κ3) is 0.664. The average Bonchev–Trinajstić information content (AvgIpc) is 2.41. The van der Waals surface area contributed by atoms with Crippen LogP contribution in [-0.2, 0) is 4.79 Å². The SMILES string of the molecule is CC1=C2CCC[C@H]2CC1=O. The Morgan fingerprint density at radius 3 is 3.00 bits per heavy atom. The molecular weight excluding hydrogens is 124 g/mol. The van der Waals surface area contributed by atoms with E-state index in [0.717, 1.165) is 12.0 Å². The second-order valence-electron chi connectivity index (χ2n) is 3.37. The first-order valence-electron chi connectivity index (χ1n) is 4.02. The molecule has 0 spiro atoms. The summed E-state index contributed by atoms with van der Waals surface area (Å²) in [4.78, 5) is 11.1. The fourth-order valence-corrected chi connectivity index (χ4v) is 2.19. The summed E-state index contributed by atoms with van der Waals surface area (Å²) in [6, 6.07) is 0. The van der Waals surface area contributed by atoms with Crippen LogP contribution in [-0.4, -0.2) is 5.78 Å². The number of fused-ring (bicyclic) bond motifs is 1. The summed E-state index contributed by atoms with van der Waals surface area (Å²) in [5.74, 6) is 1.06. The number of ketones is 1. The zero-order valence-corrected chi connectivity index (χ0v) is 6.31. The molecule has 0 unspecified atom stereocenters. The lowest BCUT2D eigenvalue weighted by Crippen LogP contribution is -1.95. The van der Waals surface area contributed by atoms with Crippen molar-refractivity contribution in [1.82, 2.24) is 0 Å². The maximum absolute atomic E-state index is 11.1. The van der Waals surface area contributed by atoms with E-state index in [-0.39, 0.29) is 0 Å². The van der Waals surface area contributed by atoms with Gasteiger partial charge in [0.25, 0.3) is 0 Å². The lowest BCUT2D eigenvalue weighted by molar-refractivity contribution is -0.115. The molecule has 0 saturated heterocycles. The Morgan fingerprint density at radius 1 is 1.50 bits per heavy atom. The molecule has 0 aromatic heterocycles. The third-order valence-corrected chi connectivity index (χ3v) is 2.82. The minimum atomic E-state index is 0.403. The smallest absolute Gasteiger partial charge is 0.159 e. The molecule has 1 fully saturated rings. The van der Waals surface area contributed by atoms with Crippen LogP contribution in [0, 0.1) is 5.92 Å². The summed E-state index contributed by atoms with van der Waals surface area (Å²) < 4.78 is 0. The molecule has 1 nitrogen and oxygen atoms in total. The van der Waals surface area contributed by atoms with Gasteiger partial charge in [-0.3, -0.25) is 4.79 Å². The lowest BCUT2D eigenvalue weighted by Gasteiger charge is -1.98. The van der Waals surface area contributed by atoms with E-state index < -0.39 is 0 Å². The Balaban J connectivity index is 2.37. The molecule has 1 heteroatoms. The molecule has 54 valence electrons. The molecule has 10 heavy (non-hydrogen) atoms. The molecule has 2 aliphatic rings. The molecule has 0 amide bonds. The van der Waals surface area contributed by atoms with Crippen LogP contribution in [0.25, 0.3) is 0 Å². The molecule has 2 rings (SSSR count). The van der Waals surface area contributed by atoms with E-state index >= 15 is 0 Å². The van der Waals surface area contributed by atoms with E-state index in [1.807, 2.05) is 6.92 Å². The number of hydrogen-bond acceptors (Lipinski definition) is 1. The molecule has 1 atom stereocenters. The molecule has 0 bridgehead atoms. The number of carbonyl (C=O) groups is 1. The van der Waals surface area contributed by atoms with Gasteiger partial charge in [-0.2, -0.15) is 0 Å². The standard InChI is InChI=1S/C9H12O/c1-6-8-4-2-3-7(8)5-9(6)10/h7H,2-5H2,1H3/t7-/m0/s1. The summed E-state index contributed by atoms with van der Waals surface area (Å²) in [5.41, 5.74) is 2.56. The van der Waals surface area contributed by atoms with E-state index in [1.165, 1.54) is 24.8 Å². The van der Waals surface area contributed by atoms with Gasteiger partial charge in [0.05, 0.1) is 0 Å². The van der Waals surface area contributed by atoms with Gasteiger partial charge >= 0.3 is 0 Å². The van der Waals surface area contributed by atoms with Gasteiger partial charge in [0, 0.05) is 6.42 Å². The molecule has 1 saturated carbocycles. The van der Waals surface area contributed by atoms with Gasteiger partial charge in [-0.15, -0.1) is 0 Å². The highest BCUT2D eigenvalue weighted by Crippen LogP contribution is 2.41. The van der Waals surface area contributed by atoms with Crippen molar-refractivity contribution < 1.29 is 4.79 Å². The number of hydrogen-bond donors (Lipinski definition) is 0. The zero-order chi connectivity index (χ0) is 7.14. The van der Waals surface area contributed by atoms with Crippen LogP contribution >= 0.6 is 0 Å². The number of Topliss-reactive ketones (excluding diaryl/α,β-unsaturated/α-hetero) is 1. The maximum Gasteiger partial charge on any atom is 0.159 e. The number of allylic oxidation sites excluding steroid dienone is 2. The van der Waals surface area contributed by atoms with Gasteiger partial charge in [0.15, 0.2) is 5.78 Å². The van der Waals surface area contributed by atoms with Crippen molar-refractivity contribution in [2.75, 3.05) is 0 Å².